The van der Waals surface area contributed by atoms with Gasteiger partial charge in [-0.25, -0.2) is 0 Å². The summed E-state index contributed by atoms with van der Waals surface area (Å²) in [7, 11) is 0. The first-order chi connectivity index (χ1) is 10.4. The van der Waals surface area contributed by atoms with Crippen molar-refractivity contribution in [3.63, 3.8) is 0 Å². The van der Waals surface area contributed by atoms with Gasteiger partial charge in [-0.2, -0.15) is 0 Å². The van der Waals surface area contributed by atoms with E-state index < -0.39 is 0 Å². The highest BCUT2D eigenvalue weighted by molar-refractivity contribution is 4.47. The summed E-state index contributed by atoms with van der Waals surface area (Å²) in [5.74, 6) is 0. The third kappa shape index (κ3) is 20.0. The molecule has 0 amide bonds. The second-order valence-electron chi connectivity index (χ2n) is 6.56. The zero-order valence-electron chi connectivity index (χ0n) is 15.1. The van der Waals surface area contributed by atoms with Crippen molar-refractivity contribution in [2.45, 2.75) is 117 Å². The third-order valence-electron chi connectivity index (χ3n) is 4.28. The maximum Gasteiger partial charge on any atom is 0.0466 e. The van der Waals surface area contributed by atoms with Crippen LogP contribution in [-0.2, 0) is 4.74 Å². The van der Waals surface area contributed by atoms with Crippen molar-refractivity contribution in [3.8, 4) is 0 Å². The standard InChI is InChI=1S/C20H42O/c1-3-5-7-9-11-13-15-17-19-21-20-18-16-14-12-10-8-6-4-2/h3-20H2,1-2H3. The first-order valence-corrected chi connectivity index (χ1v) is 9.99. The summed E-state index contributed by atoms with van der Waals surface area (Å²) >= 11 is 0. The fraction of sp³-hybridized carbons (Fsp3) is 1.00. The molecule has 0 spiro atoms. The molecular formula is C20H42O. The van der Waals surface area contributed by atoms with Crippen molar-refractivity contribution in [1.29, 1.82) is 0 Å². The predicted octanol–water partition coefficient (Wildman–Crippen LogP) is 7.28. The van der Waals surface area contributed by atoms with E-state index in [2.05, 4.69) is 13.8 Å². The van der Waals surface area contributed by atoms with Crippen molar-refractivity contribution < 1.29 is 4.74 Å². The molecule has 0 aliphatic rings. The Morgan fingerprint density at radius 1 is 0.381 bits per heavy atom. The van der Waals surface area contributed by atoms with Gasteiger partial charge in [0.25, 0.3) is 0 Å². The van der Waals surface area contributed by atoms with Gasteiger partial charge < -0.3 is 4.74 Å². The smallest absolute Gasteiger partial charge is 0.0466 e. The topological polar surface area (TPSA) is 9.23 Å². The lowest BCUT2D eigenvalue weighted by Crippen LogP contribution is -1.97. The van der Waals surface area contributed by atoms with E-state index in [9.17, 15) is 0 Å². The minimum Gasteiger partial charge on any atom is -0.381 e. The van der Waals surface area contributed by atoms with Crippen molar-refractivity contribution >= 4 is 0 Å². The predicted molar refractivity (Wildman–Crippen MR) is 96.0 cm³/mol. The number of hydrogen-bond donors (Lipinski definition) is 0. The molecule has 0 aliphatic carbocycles. The van der Waals surface area contributed by atoms with E-state index in [-0.39, 0.29) is 0 Å². The number of unbranched alkanes of at least 4 members (excludes halogenated alkanes) is 14. The number of ether oxygens (including phenoxy) is 1. The molecule has 0 heterocycles. The van der Waals surface area contributed by atoms with E-state index in [1.165, 1.54) is 103 Å². The largest absolute Gasteiger partial charge is 0.381 e. The van der Waals surface area contributed by atoms with Crippen LogP contribution < -0.4 is 0 Å². The maximum absolute atomic E-state index is 5.72. The first-order valence-electron chi connectivity index (χ1n) is 9.99. The Morgan fingerprint density at radius 3 is 1.00 bits per heavy atom. The summed E-state index contributed by atoms with van der Waals surface area (Å²) in [6, 6.07) is 0. The Hall–Kier alpha value is -0.0400. The van der Waals surface area contributed by atoms with Crippen molar-refractivity contribution in [2.75, 3.05) is 13.2 Å². The average Bonchev–Trinajstić information content (AvgIpc) is 2.50. The molecule has 128 valence electrons. The average molecular weight is 299 g/mol. The Bertz CT molecular complexity index is 149. The van der Waals surface area contributed by atoms with E-state index in [0.717, 1.165) is 13.2 Å². The highest BCUT2D eigenvalue weighted by Crippen LogP contribution is 2.10. The minimum absolute atomic E-state index is 0.992. The lowest BCUT2D eigenvalue weighted by molar-refractivity contribution is 0.125. The summed E-state index contributed by atoms with van der Waals surface area (Å²) < 4.78 is 5.72. The molecule has 0 saturated carbocycles. The second kappa shape index (κ2) is 20.0. The van der Waals surface area contributed by atoms with Gasteiger partial charge in [-0.05, 0) is 12.8 Å². The molecule has 21 heavy (non-hydrogen) atoms. The lowest BCUT2D eigenvalue weighted by Gasteiger charge is -2.05. The fourth-order valence-electron chi connectivity index (χ4n) is 2.78. The highest BCUT2D eigenvalue weighted by atomic mass is 16.5. The van der Waals surface area contributed by atoms with Gasteiger partial charge in [0.2, 0.25) is 0 Å². The zero-order valence-corrected chi connectivity index (χ0v) is 15.1. The molecule has 0 saturated heterocycles. The van der Waals surface area contributed by atoms with E-state index in [1.807, 2.05) is 0 Å². The quantitative estimate of drug-likeness (QED) is 0.241. The van der Waals surface area contributed by atoms with Crippen LogP contribution in [0.4, 0.5) is 0 Å². The Labute approximate surface area is 135 Å². The van der Waals surface area contributed by atoms with Gasteiger partial charge >= 0.3 is 0 Å². The van der Waals surface area contributed by atoms with Crippen molar-refractivity contribution in [2.24, 2.45) is 0 Å². The van der Waals surface area contributed by atoms with Gasteiger partial charge in [0.05, 0.1) is 0 Å². The summed E-state index contributed by atoms with van der Waals surface area (Å²) in [6.07, 6.45) is 22.2. The SMILES string of the molecule is CCCCCCCCCCOCCCCCCCCCC. The molecule has 0 aromatic rings. The van der Waals surface area contributed by atoms with Crippen LogP contribution in [0.3, 0.4) is 0 Å². The molecule has 0 aromatic heterocycles. The summed E-state index contributed by atoms with van der Waals surface area (Å²) in [4.78, 5) is 0. The van der Waals surface area contributed by atoms with Crippen LogP contribution in [0, 0.1) is 0 Å². The number of hydrogen-bond acceptors (Lipinski definition) is 1. The van der Waals surface area contributed by atoms with E-state index in [4.69, 9.17) is 4.74 Å². The summed E-state index contributed by atoms with van der Waals surface area (Å²) in [6.45, 7) is 6.55. The molecule has 0 fully saturated rings. The lowest BCUT2D eigenvalue weighted by atomic mass is 10.1. The monoisotopic (exact) mass is 298 g/mol. The molecule has 1 heteroatoms. The normalized spacial score (nSPS) is 11.1. The van der Waals surface area contributed by atoms with Crippen LogP contribution in [0.25, 0.3) is 0 Å². The second-order valence-corrected chi connectivity index (χ2v) is 6.56. The van der Waals surface area contributed by atoms with Crippen molar-refractivity contribution in [3.05, 3.63) is 0 Å². The summed E-state index contributed by atoms with van der Waals surface area (Å²) in [5, 5.41) is 0. The molecule has 0 rings (SSSR count). The van der Waals surface area contributed by atoms with E-state index in [1.54, 1.807) is 0 Å². The fourth-order valence-corrected chi connectivity index (χ4v) is 2.78. The van der Waals surface area contributed by atoms with Gasteiger partial charge in [0.15, 0.2) is 0 Å². The Morgan fingerprint density at radius 2 is 0.667 bits per heavy atom. The first kappa shape index (κ1) is 21.0. The molecule has 0 aromatic carbocycles. The van der Waals surface area contributed by atoms with Crippen LogP contribution in [0.15, 0.2) is 0 Å². The van der Waals surface area contributed by atoms with E-state index in [0.29, 0.717) is 0 Å². The molecule has 0 aliphatic heterocycles. The molecule has 0 unspecified atom stereocenters. The molecular weight excluding hydrogens is 256 g/mol. The molecule has 0 radical (unpaired) electrons. The Kier molecular flexibility index (Phi) is 19.9. The van der Waals surface area contributed by atoms with Crippen LogP contribution in [-0.4, -0.2) is 13.2 Å². The highest BCUT2D eigenvalue weighted by Gasteiger charge is 1.94. The molecule has 0 N–H and O–H groups in total. The van der Waals surface area contributed by atoms with Gasteiger partial charge in [-0.1, -0.05) is 104 Å². The van der Waals surface area contributed by atoms with Crippen LogP contribution >= 0.6 is 0 Å². The van der Waals surface area contributed by atoms with Crippen LogP contribution in [0.1, 0.15) is 117 Å². The molecule has 0 bridgehead atoms. The number of rotatable bonds is 18. The third-order valence-corrected chi connectivity index (χ3v) is 4.28. The molecule has 1 nitrogen and oxygen atoms in total. The van der Waals surface area contributed by atoms with Crippen LogP contribution in [0.2, 0.25) is 0 Å². The summed E-state index contributed by atoms with van der Waals surface area (Å²) in [5.41, 5.74) is 0. The van der Waals surface area contributed by atoms with Crippen LogP contribution in [0.5, 0.6) is 0 Å². The van der Waals surface area contributed by atoms with Gasteiger partial charge in [0.1, 0.15) is 0 Å². The Balaban J connectivity index is 2.90. The van der Waals surface area contributed by atoms with Gasteiger partial charge in [-0.15, -0.1) is 0 Å². The maximum atomic E-state index is 5.72. The minimum atomic E-state index is 0.992. The van der Waals surface area contributed by atoms with E-state index >= 15 is 0 Å². The van der Waals surface area contributed by atoms with Gasteiger partial charge in [0, 0.05) is 13.2 Å². The zero-order chi connectivity index (χ0) is 15.4. The van der Waals surface area contributed by atoms with Gasteiger partial charge in [-0.3, -0.25) is 0 Å². The van der Waals surface area contributed by atoms with Crippen molar-refractivity contribution in [1.82, 2.24) is 0 Å². The molecule has 0 atom stereocenters.